The first-order valence-electron chi connectivity index (χ1n) is 7.94. The van der Waals surface area contributed by atoms with Crippen LogP contribution >= 0.6 is 0 Å². The van der Waals surface area contributed by atoms with Gasteiger partial charge in [0.05, 0.1) is 17.6 Å². The molecule has 0 spiro atoms. The van der Waals surface area contributed by atoms with Crippen molar-refractivity contribution < 1.29 is 4.79 Å². The molecule has 0 radical (unpaired) electrons. The fourth-order valence-electron chi connectivity index (χ4n) is 2.82. The van der Waals surface area contributed by atoms with Crippen molar-refractivity contribution in [3.05, 3.63) is 71.6 Å². The molecule has 24 heavy (non-hydrogen) atoms. The third-order valence-corrected chi connectivity index (χ3v) is 3.94. The van der Waals surface area contributed by atoms with E-state index in [9.17, 15) is 4.79 Å². The van der Waals surface area contributed by atoms with Crippen molar-refractivity contribution in [2.24, 2.45) is 7.05 Å². The Morgan fingerprint density at radius 1 is 1.29 bits per heavy atom. The van der Waals surface area contributed by atoms with E-state index in [4.69, 9.17) is 0 Å². The van der Waals surface area contributed by atoms with E-state index in [1.165, 1.54) is 5.56 Å². The van der Waals surface area contributed by atoms with Crippen LogP contribution in [0.3, 0.4) is 0 Å². The van der Waals surface area contributed by atoms with E-state index in [2.05, 4.69) is 32.5 Å². The number of benzene rings is 1. The number of carbonyl (C=O) groups excluding carboxylic acids is 1. The van der Waals surface area contributed by atoms with Crippen molar-refractivity contribution in [3.8, 4) is 0 Å². The Morgan fingerprint density at radius 2 is 2.08 bits per heavy atom. The molecule has 1 aromatic carbocycles. The molecule has 1 amide bonds. The molecule has 1 unspecified atom stereocenters. The molecule has 2 heterocycles. The summed E-state index contributed by atoms with van der Waals surface area (Å²) < 4.78 is 1.66. The topological polar surface area (TPSA) is 75.6 Å². The van der Waals surface area contributed by atoms with Gasteiger partial charge in [0.1, 0.15) is 0 Å². The van der Waals surface area contributed by atoms with Crippen LogP contribution in [-0.4, -0.2) is 31.7 Å². The molecule has 1 atom stereocenters. The van der Waals surface area contributed by atoms with Crippen LogP contribution in [0.2, 0.25) is 0 Å². The van der Waals surface area contributed by atoms with Gasteiger partial charge in [-0.2, -0.15) is 5.10 Å². The number of rotatable bonds is 6. The van der Waals surface area contributed by atoms with Gasteiger partial charge in [0, 0.05) is 37.6 Å². The lowest BCUT2D eigenvalue weighted by atomic mass is 10.0. The highest BCUT2D eigenvalue weighted by Gasteiger charge is 2.18. The van der Waals surface area contributed by atoms with Gasteiger partial charge in [0.25, 0.3) is 5.91 Å². The predicted molar refractivity (Wildman–Crippen MR) is 91.6 cm³/mol. The van der Waals surface area contributed by atoms with E-state index < -0.39 is 0 Å². The van der Waals surface area contributed by atoms with Crippen molar-refractivity contribution in [1.82, 2.24) is 25.1 Å². The normalized spacial score (nSPS) is 12.1. The van der Waals surface area contributed by atoms with Gasteiger partial charge in [-0.15, -0.1) is 0 Å². The first-order valence-corrected chi connectivity index (χ1v) is 7.94. The molecule has 6 heteroatoms. The van der Waals surface area contributed by atoms with E-state index in [1.54, 1.807) is 23.4 Å². The predicted octanol–water partition coefficient (Wildman–Crippen LogP) is 2.04. The van der Waals surface area contributed by atoms with Crippen LogP contribution in [0.25, 0.3) is 0 Å². The largest absolute Gasteiger partial charge is 0.348 e. The number of aromatic amines is 1. The Hall–Kier alpha value is -2.89. The molecular formula is C18H21N5O. The van der Waals surface area contributed by atoms with Crippen LogP contribution in [0.4, 0.5) is 0 Å². The summed E-state index contributed by atoms with van der Waals surface area (Å²) in [5, 5.41) is 7.37. The monoisotopic (exact) mass is 323 g/mol. The highest BCUT2D eigenvalue weighted by atomic mass is 16.1. The molecule has 0 saturated carbocycles. The van der Waals surface area contributed by atoms with Crippen LogP contribution in [0, 0.1) is 6.92 Å². The van der Waals surface area contributed by atoms with E-state index in [0.717, 1.165) is 17.8 Å². The molecule has 2 N–H and O–H groups in total. The minimum atomic E-state index is -0.0963. The number of hydrogen-bond acceptors (Lipinski definition) is 3. The zero-order valence-electron chi connectivity index (χ0n) is 13.9. The maximum absolute atomic E-state index is 12.6. The number of H-pyrrole nitrogens is 1. The van der Waals surface area contributed by atoms with Crippen molar-refractivity contribution in [3.63, 3.8) is 0 Å². The smallest absolute Gasteiger partial charge is 0.254 e. The molecule has 124 valence electrons. The number of aromatic nitrogens is 4. The zero-order chi connectivity index (χ0) is 16.9. The van der Waals surface area contributed by atoms with Crippen LogP contribution in [0.15, 0.2) is 49.1 Å². The van der Waals surface area contributed by atoms with Gasteiger partial charge >= 0.3 is 0 Å². The minimum Gasteiger partial charge on any atom is -0.348 e. The van der Waals surface area contributed by atoms with Crippen molar-refractivity contribution in [1.29, 1.82) is 0 Å². The molecule has 0 bridgehead atoms. The summed E-state index contributed by atoms with van der Waals surface area (Å²) in [7, 11) is 1.82. The lowest BCUT2D eigenvalue weighted by molar-refractivity contribution is 0.0936. The van der Waals surface area contributed by atoms with E-state index in [1.807, 2.05) is 32.2 Å². The summed E-state index contributed by atoms with van der Waals surface area (Å²) >= 11 is 0. The van der Waals surface area contributed by atoms with Gasteiger partial charge in [-0.05, 0) is 18.9 Å². The number of aryl methyl sites for hydroxylation is 2. The van der Waals surface area contributed by atoms with Crippen LogP contribution in [-0.2, 0) is 19.9 Å². The average molecular weight is 323 g/mol. The minimum absolute atomic E-state index is 0.0278. The summed E-state index contributed by atoms with van der Waals surface area (Å²) in [5.41, 5.74) is 3.53. The van der Waals surface area contributed by atoms with Crippen molar-refractivity contribution in [2.45, 2.75) is 25.8 Å². The summed E-state index contributed by atoms with van der Waals surface area (Å²) in [5.74, 6) is -0.0963. The summed E-state index contributed by atoms with van der Waals surface area (Å²) in [6.45, 7) is 1.84. The van der Waals surface area contributed by atoms with Crippen molar-refractivity contribution >= 4 is 5.91 Å². The first-order chi connectivity index (χ1) is 11.6. The second-order valence-corrected chi connectivity index (χ2v) is 5.94. The average Bonchev–Trinajstić information content (AvgIpc) is 3.17. The SMILES string of the molecule is Cc1nn(C)cc1C(=O)NC(Cc1ccccc1)Cc1cnc[nH]1. The quantitative estimate of drug-likeness (QED) is 0.729. The fourth-order valence-corrected chi connectivity index (χ4v) is 2.82. The Labute approximate surface area is 140 Å². The third kappa shape index (κ3) is 3.90. The number of nitrogens with zero attached hydrogens (tertiary/aromatic N) is 3. The van der Waals surface area contributed by atoms with Gasteiger partial charge in [0.2, 0.25) is 0 Å². The van der Waals surface area contributed by atoms with E-state index >= 15 is 0 Å². The Balaban J connectivity index is 1.76. The van der Waals surface area contributed by atoms with Gasteiger partial charge in [0.15, 0.2) is 0 Å². The number of nitrogens with one attached hydrogen (secondary N) is 2. The summed E-state index contributed by atoms with van der Waals surface area (Å²) in [4.78, 5) is 19.8. The molecule has 0 fully saturated rings. The summed E-state index contributed by atoms with van der Waals surface area (Å²) in [6, 6.07) is 10.1. The third-order valence-electron chi connectivity index (χ3n) is 3.94. The lowest BCUT2D eigenvalue weighted by Gasteiger charge is -2.18. The van der Waals surface area contributed by atoms with Gasteiger partial charge in [-0.3, -0.25) is 9.48 Å². The molecule has 0 saturated heterocycles. The highest BCUT2D eigenvalue weighted by molar-refractivity contribution is 5.95. The molecule has 0 aliphatic rings. The highest BCUT2D eigenvalue weighted by Crippen LogP contribution is 2.10. The lowest BCUT2D eigenvalue weighted by Crippen LogP contribution is -2.38. The number of hydrogen-bond donors (Lipinski definition) is 2. The number of imidazole rings is 1. The standard InChI is InChI=1S/C18H21N5O/c1-13-17(11-23(2)22-13)18(24)21-15(9-16-10-19-12-20-16)8-14-6-4-3-5-7-14/h3-7,10-12,15H,8-9H2,1-2H3,(H,19,20)(H,21,24). The summed E-state index contributed by atoms with van der Waals surface area (Å²) in [6.07, 6.45) is 6.65. The Bertz CT molecular complexity index is 792. The second-order valence-electron chi connectivity index (χ2n) is 5.94. The van der Waals surface area contributed by atoms with Gasteiger partial charge in [-0.25, -0.2) is 4.98 Å². The van der Waals surface area contributed by atoms with Crippen LogP contribution in [0.5, 0.6) is 0 Å². The van der Waals surface area contributed by atoms with Crippen molar-refractivity contribution in [2.75, 3.05) is 0 Å². The molecule has 6 nitrogen and oxygen atoms in total. The maximum Gasteiger partial charge on any atom is 0.254 e. The second kappa shape index (κ2) is 7.12. The number of carbonyl (C=O) groups is 1. The fraction of sp³-hybridized carbons (Fsp3) is 0.278. The Kier molecular flexibility index (Phi) is 4.74. The molecule has 0 aliphatic heterocycles. The molecule has 0 aliphatic carbocycles. The van der Waals surface area contributed by atoms with Crippen LogP contribution in [0.1, 0.15) is 27.3 Å². The number of amides is 1. The first kappa shape index (κ1) is 16.0. The molecular weight excluding hydrogens is 302 g/mol. The van der Waals surface area contributed by atoms with Gasteiger partial charge < -0.3 is 10.3 Å². The molecule has 3 rings (SSSR count). The zero-order valence-corrected chi connectivity index (χ0v) is 13.9. The van der Waals surface area contributed by atoms with Crippen LogP contribution < -0.4 is 5.32 Å². The molecule has 2 aromatic heterocycles. The van der Waals surface area contributed by atoms with E-state index in [0.29, 0.717) is 12.0 Å². The van der Waals surface area contributed by atoms with E-state index in [-0.39, 0.29) is 11.9 Å². The maximum atomic E-state index is 12.6. The Morgan fingerprint density at radius 3 is 2.71 bits per heavy atom. The van der Waals surface area contributed by atoms with Gasteiger partial charge in [-0.1, -0.05) is 30.3 Å². The molecule has 3 aromatic rings.